The van der Waals surface area contributed by atoms with Crippen LogP contribution in [-0.2, 0) is 13.5 Å². The smallest absolute Gasteiger partial charge is 0.0945 e. The van der Waals surface area contributed by atoms with E-state index in [0.29, 0.717) is 5.92 Å². The van der Waals surface area contributed by atoms with E-state index >= 15 is 0 Å². The zero-order valence-electron chi connectivity index (χ0n) is 12.4. The van der Waals surface area contributed by atoms with E-state index in [1.807, 2.05) is 12.5 Å². The zero-order valence-corrected chi connectivity index (χ0v) is 12.4. The minimum atomic E-state index is 0.367. The Morgan fingerprint density at radius 2 is 1.86 bits per heavy atom. The lowest BCUT2D eigenvalue weighted by Crippen LogP contribution is -2.02. The van der Waals surface area contributed by atoms with Gasteiger partial charge in [0.15, 0.2) is 0 Å². The van der Waals surface area contributed by atoms with Crippen LogP contribution in [0.2, 0.25) is 0 Å². The molecule has 21 heavy (non-hydrogen) atoms. The Bertz CT molecular complexity index is 814. The van der Waals surface area contributed by atoms with Gasteiger partial charge in [0.1, 0.15) is 0 Å². The second-order valence-electron chi connectivity index (χ2n) is 5.90. The van der Waals surface area contributed by atoms with Crippen molar-refractivity contribution >= 4 is 0 Å². The molecule has 1 aliphatic carbocycles. The Kier molecular flexibility index (Phi) is 2.71. The van der Waals surface area contributed by atoms with Crippen molar-refractivity contribution in [3.8, 4) is 11.1 Å². The molecule has 0 N–H and O–H groups in total. The Hall–Kier alpha value is -2.35. The van der Waals surface area contributed by atoms with Gasteiger partial charge in [-0.25, -0.2) is 4.98 Å². The van der Waals surface area contributed by atoms with Gasteiger partial charge in [-0.05, 0) is 34.2 Å². The van der Waals surface area contributed by atoms with Crippen molar-refractivity contribution in [1.29, 1.82) is 0 Å². The van der Waals surface area contributed by atoms with E-state index in [9.17, 15) is 0 Å². The van der Waals surface area contributed by atoms with Crippen LogP contribution in [-0.4, -0.2) is 9.55 Å². The summed E-state index contributed by atoms with van der Waals surface area (Å²) in [6.07, 6.45) is 4.89. The monoisotopic (exact) mass is 274 g/mol. The second-order valence-corrected chi connectivity index (χ2v) is 5.90. The van der Waals surface area contributed by atoms with E-state index in [4.69, 9.17) is 0 Å². The van der Waals surface area contributed by atoms with Crippen molar-refractivity contribution in [2.75, 3.05) is 0 Å². The van der Waals surface area contributed by atoms with Crippen LogP contribution in [0.5, 0.6) is 0 Å². The van der Waals surface area contributed by atoms with Gasteiger partial charge in [0, 0.05) is 24.9 Å². The van der Waals surface area contributed by atoms with Crippen LogP contribution in [0, 0.1) is 0 Å². The number of hydrogen-bond acceptors (Lipinski definition) is 1. The highest BCUT2D eigenvalue weighted by atomic mass is 15.0. The van der Waals surface area contributed by atoms with Gasteiger partial charge in [-0.15, -0.1) is 0 Å². The molecule has 0 fully saturated rings. The minimum Gasteiger partial charge on any atom is -0.337 e. The summed E-state index contributed by atoms with van der Waals surface area (Å²) in [7, 11) is 2.06. The fraction of sp³-hybridized carbons (Fsp3) is 0.211. The highest BCUT2D eigenvalue weighted by Crippen LogP contribution is 2.38. The van der Waals surface area contributed by atoms with Crippen molar-refractivity contribution in [3.05, 3.63) is 77.4 Å². The van der Waals surface area contributed by atoms with Crippen LogP contribution in [0.4, 0.5) is 0 Å². The molecule has 0 aliphatic heterocycles. The lowest BCUT2D eigenvalue weighted by atomic mass is 9.94. The maximum Gasteiger partial charge on any atom is 0.0945 e. The first kappa shape index (κ1) is 12.4. The fourth-order valence-corrected chi connectivity index (χ4v) is 3.39. The second kappa shape index (κ2) is 4.59. The van der Waals surface area contributed by atoms with E-state index in [-0.39, 0.29) is 0 Å². The number of rotatable bonds is 2. The maximum atomic E-state index is 4.24. The highest BCUT2D eigenvalue weighted by Gasteiger charge is 2.20. The van der Waals surface area contributed by atoms with Crippen molar-refractivity contribution < 1.29 is 0 Å². The van der Waals surface area contributed by atoms with Gasteiger partial charge in [0.05, 0.1) is 6.33 Å². The molecule has 0 amide bonds. The van der Waals surface area contributed by atoms with E-state index < -0.39 is 0 Å². The molecule has 0 radical (unpaired) electrons. The molecule has 1 aromatic heterocycles. The first-order valence-electron chi connectivity index (χ1n) is 7.41. The third-order valence-electron chi connectivity index (χ3n) is 4.62. The largest absolute Gasteiger partial charge is 0.337 e. The quantitative estimate of drug-likeness (QED) is 0.537. The third-order valence-corrected chi connectivity index (χ3v) is 4.62. The summed E-state index contributed by atoms with van der Waals surface area (Å²) in [4.78, 5) is 4.24. The van der Waals surface area contributed by atoms with Crippen molar-refractivity contribution in [3.63, 3.8) is 0 Å². The Balaban J connectivity index is 1.75. The van der Waals surface area contributed by atoms with E-state index in [1.54, 1.807) is 0 Å². The van der Waals surface area contributed by atoms with Gasteiger partial charge >= 0.3 is 0 Å². The van der Waals surface area contributed by atoms with Gasteiger partial charge < -0.3 is 4.57 Å². The average Bonchev–Trinajstić information content (AvgIpc) is 3.09. The van der Waals surface area contributed by atoms with Gasteiger partial charge in [-0.3, -0.25) is 0 Å². The van der Waals surface area contributed by atoms with Crippen molar-refractivity contribution in [2.24, 2.45) is 7.05 Å². The summed E-state index contributed by atoms with van der Waals surface area (Å²) in [5.74, 6) is 0.367. The first-order valence-corrected chi connectivity index (χ1v) is 7.41. The Morgan fingerprint density at radius 3 is 2.67 bits per heavy atom. The number of imidazole rings is 1. The molecule has 2 heteroatoms. The Labute approximate surface area is 125 Å². The van der Waals surface area contributed by atoms with Gasteiger partial charge in [0.2, 0.25) is 0 Å². The number of aromatic nitrogens is 2. The molecule has 3 aromatic rings. The highest BCUT2D eigenvalue weighted by molar-refractivity contribution is 5.77. The maximum absolute atomic E-state index is 4.24. The summed E-state index contributed by atoms with van der Waals surface area (Å²) < 4.78 is 2.10. The summed E-state index contributed by atoms with van der Waals surface area (Å²) in [5, 5.41) is 0. The molecule has 4 rings (SSSR count). The number of aryl methyl sites for hydroxylation is 1. The lowest BCUT2D eigenvalue weighted by Gasteiger charge is -2.14. The standard InChI is InChI=1S/C19H18N2/c1-13(19-11-20-12-21(19)2)14-7-8-18-16(9-14)10-15-5-3-4-6-17(15)18/h3-9,11-13H,10H2,1-2H3. The molecule has 1 unspecified atom stereocenters. The number of hydrogen-bond donors (Lipinski definition) is 0. The average molecular weight is 274 g/mol. The third kappa shape index (κ3) is 1.90. The normalized spacial score (nSPS) is 13.8. The van der Waals surface area contributed by atoms with Crippen LogP contribution in [0.15, 0.2) is 55.0 Å². The van der Waals surface area contributed by atoms with Gasteiger partial charge in [0.25, 0.3) is 0 Å². The summed E-state index contributed by atoms with van der Waals surface area (Å²) >= 11 is 0. The van der Waals surface area contributed by atoms with E-state index in [0.717, 1.165) is 6.42 Å². The van der Waals surface area contributed by atoms with Crippen LogP contribution >= 0.6 is 0 Å². The summed E-state index contributed by atoms with van der Waals surface area (Å²) in [6.45, 7) is 2.25. The predicted molar refractivity (Wildman–Crippen MR) is 85.4 cm³/mol. The van der Waals surface area contributed by atoms with Crippen LogP contribution in [0.1, 0.15) is 35.2 Å². The zero-order chi connectivity index (χ0) is 14.4. The van der Waals surface area contributed by atoms with Crippen LogP contribution in [0.25, 0.3) is 11.1 Å². The molecule has 0 bridgehead atoms. The predicted octanol–water partition coefficient (Wildman–Crippen LogP) is 4.14. The SMILES string of the molecule is CC(c1ccc2c(c1)Cc1ccccc1-2)c1cncn1C. The van der Waals surface area contributed by atoms with E-state index in [2.05, 4.69) is 66.0 Å². The van der Waals surface area contributed by atoms with Crippen LogP contribution < -0.4 is 0 Å². The molecule has 1 aliphatic rings. The number of benzene rings is 2. The van der Waals surface area contributed by atoms with Gasteiger partial charge in [-0.1, -0.05) is 49.4 Å². The minimum absolute atomic E-state index is 0.367. The molecule has 0 saturated carbocycles. The first-order chi connectivity index (χ1) is 10.2. The molecule has 104 valence electrons. The van der Waals surface area contributed by atoms with E-state index in [1.165, 1.54) is 33.5 Å². The topological polar surface area (TPSA) is 17.8 Å². The molecular formula is C19H18N2. The molecule has 2 nitrogen and oxygen atoms in total. The Morgan fingerprint density at radius 1 is 1.05 bits per heavy atom. The molecule has 0 saturated heterocycles. The number of nitrogens with zero attached hydrogens (tertiary/aromatic N) is 2. The molecular weight excluding hydrogens is 256 g/mol. The molecule has 1 atom stereocenters. The molecule has 0 spiro atoms. The molecule has 1 heterocycles. The lowest BCUT2D eigenvalue weighted by molar-refractivity contribution is 0.768. The van der Waals surface area contributed by atoms with Gasteiger partial charge in [-0.2, -0.15) is 0 Å². The fourth-order valence-electron chi connectivity index (χ4n) is 3.39. The summed E-state index contributed by atoms with van der Waals surface area (Å²) in [5.41, 5.74) is 8.30. The number of fused-ring (bicyclic) bond motifs is 3. The van der Waals surface area contributed by atoms with Crippen molar-refractivity contribution in [1.82, 2.24) is 9.55 Å². The van der Waals surface area contributed by atoms with Crippen molar-refractivity contribution in [2.45, 2.75) is 19.3 Å². The molecule has 2 aromatic carbocycles. The summed E-state index contributed by atoms with van der Waals surface area (Å²) in [6, 6.07) is 15.6. The van der Waals surface area contributed by atoms with Crippen LogP contribution in [0.3, 0.4) is 0 Å².